The van der Waals surface area contributed by atoms with Gasteiger partial charge in [-0.15, -0.1) is 5.11 Å². The first kappa shape index (κ1) is 22.0. The molecule has 1 aromatic heterocycles. The Hall–Kier alpha value is -2.33. The van der Waals surface area contributed by atoms with Crippen LogP contribution in [-0.4, -0.2) is 59.5 Å². The standard InChI is InChI=1S/C17H23N7.C3H6.CH4/c1-3-4-5-14-17(21-9-8-20-14)23-10-11-24-13(12-23)6-7-15(24)16(18)22-19-2;1-2-3-1;/h8-9,13,15,18H,3,6-7,10-12H2,1-2H3;1-3H2;1H4/t13-,15?;;/m0../s1. The van der Waals surface area contributed by atoms with Crippen LogP contribution in [0.1, 0.15) is 58.6 Å². The molecule has 3 fully saturated rings. The number of piperazine rings is 1. The summed E-state index contributed by atoms with van der Waals surface area (Å²) in [6.07, 6.45) is 10.8. The molecule has 4 rings (SSSR count). The predicted octanol–water partition coefficient (Wildman–Crippen LogP) is 3.76. The molecule has 0 radical (unpaired) electrons. The van der Waals surface area contributed by atoms with Gasteiger partial charge in [-0.05, 0) is 18.8 Å². The molecule has 7 heteroatoms. The third kappa shape index (κ3) is 5.59. The van der Waals surface area contributed by atoms with Gasteiger partial charge in [0.15, 0.2) is 17.3 Å². The monoisotopic (exact) mass is 383 g/mol. The number of fused-ring (bicyclic) bond motifs is 1. The van der Waals surface area contributed by atoms with Crippen LogP contribution in [0.2, 0.25) is 0 Å². The normalized spacial score (nSPS) is 23.0. The van der Waals surface area contributed by atoms with Crippen molar-refractivity contribution in [2.75, 3.05) is 31.6 Å². The molecule has 7 nitrogen and oxygen atoms in total. The number of hydrogen-bond donors (Lipinski definition) is 1. The van der Waals surface area contributed by atoms with Crippen molar-refractivity contribution >= 4 is 11.7 Å². The molecule has 0 aromatic carbocycles. The summed E-state index contributed by atoms with van der Waals surface area (Å²) >= 11 is 0. The highest BCUT2D eigenvalue weighted by Gasteiger charge is 2.40. The average molecular weight is 384 g/mol. The molecule has 28 heavy (non-hydrogen) atoms. The summed E-state index contributed by atoms with van der Waals surface area (Å²) in [5, 5.41) is 15.8. The molecule has 1 aromatic rings. The van der Waals surface area contributed by atoms with E-state index in [4.69, 9.17) is 5.41 Å². The van der Waals surface area contributed by atoms with Crippen molar-refractivity contribution in [3.05, 3.63) is 18.1 Å². The molecule has 1 saturated carbocycles. The van der Waals surface area contributed by atoms with E-state index in [9.17, 15) is 0 Å². The molecule has 1 unspecified atom stereocenters. The van der Waals surface area contributed by atoms with E-state index in [1.165, 1.54) is 19.3 Å². The van der Waals surface area contributed by atoms with Crippen molar-refractivity contribution in [1.82, 2.24) is 14.9 Å². The Bertz CT molecular complexity index is 729. The van der Waals surface area contributed by atoms with E-state index < -0.39 is 0 Å². The van der Waals surface area contributed by atoms with E-state index in [1.54, 1.807) is 19.4 Å². The van der Waals surface area contributed by atoms with Gasteiger partial charge in [0.25, 0.3) is 0 Å². The molecule has 1 N–H and O–H groups in total. The summed E-state index contributed by atoms with van der Waals surface area (Å²) < 4.78 is 0. The highest BCUT2D eigenvalue weighted by atomic mass is 15.3. The smallest absolute Gasteiger partial charge is 0.163 e. The summed E-state index contributed by atoms with van der Waals surface area (Å²) in [7, 11) is 1.62. The third-order valence-corrected chi connectivity index (χ3v) is 4.94. The van der Waals surface area contributed by atoms with Crippen LogP contribution < -0.4 is 4.90 Å². The quantitative estimate of drug-likeness (QED) is 0.365. The van der Waals surface area contributed by atoms with E-state index in [-0.39, 0.29) is 13.5 Å². The van der Waals surface area contributed by atoms with Gasteiger partial charge in [-0.1, -0.05) is 39.5 Å². The highest BCUT2D eigenvalue weighted by molar-refractivity contribution is 5.85. The number of anilines is 1. The van der Waals surface area contributed by atoms with Gasteiger partial charge in [0.2, 0.25) is 0 Å². The molecule has 0 amide bonds. The number of nitrogens with one attached hydrogen (secondary N) is 1. The molecule has 0 bridgehead atoms. The minimum absolute atomic E-state index is 0. The summed E-state index contributed by atoms with van der Waals surface area (Å²) in [4.78, 5) is 13.6. The van der Waals surface area contributed by atoms with Crippen LogP contribution >= 0.6 is 0 Å². The SMILES string of the molecule is C.C1CC1.CCC#Cc1nccnc1N1CCN2C(C(=N)N=NC)CC[C@H]2C1. The molecule has 2 aliphatic heterocycles. The summed E-state index contributed by atoms with van der Waals surface area (Å²) in [5.41, 5.74) is 0.759. The van der Waals surface area contributed by atoms with Crippen LogP contribution in [0.5, 0.6) is 0 Å². The number of azo groups is 1. The van der Waals surface area contributed by atoms with Crippen LogP contribution in [0.25, 0.3) is 0 Å². The average Bonchev–Trinajstić information content (AvgIpc) is 3.52. The number of hydrogen-bond acceptors (Lipinski definition) is 6. The van der Waals surface area contributed by atoms with E-state index in [1.807, 2.05) is 6.92 Å². The molecular weight excluding hydrogens is 350 g/mol. The molecule has 2 saturated heterocycles. The third-order valence-electron chi connectivity index (χ3n) is 4.94. The largest absolute Gasteiger partial charge is 0.351 e. The van der Waals surface area contributed by atoms with Crippen molar-refractivity contribution < 1.29 is 0 Å². The fourth-order valence-electron chi connectivity index (χ4n) is 3.54. The number of amidine groups is 1. The van der Waals surface area contributed by atoms with Crippen LogP contribution in [0, 0.1) is 17.3 Å². The van der Waals surface area contributed by atoms with Crippen molar-refractivity contribution in [3.8, 4) is 11.8 Å². The number of rotatable bonds is 2. The van der Waals surface area contributed by atoms with Gasteiger partial charge in [0.05, 0.1) is 6.04 Å². The van der Waals surface area contributed by atoms with Crippen molar-refractivity contribution in [3.63, 3.8) is 0 Å². The zero-order chi connectivity index (χ0) is 19.1. The Balaban J connectivity index is 0.000000640. The number of nitrogens with zero attached hydrogens (tertiary/aromatic N) is 6. The zero-order valence-electron chi connectivity index (χ0n) is 16.4. The maximum atomic E-state index is 8.08. The fraction of sp³-hybridized carbons (Fsp3) is 0.667. The topological polar surface area (TPSA) is 80.8 Å². The van der Waals surface area contributed by atoms with Gasteiger partial charge in [0.1, 0.15) is 0 Å². The van der Waals surface area contributed by atoms with Gasteiger partial charge >= 0.3 is 0 Å². The summed E-state index contributed by atoms with van der Waals surface area (Å²) in [6.45, 7) is 4.69. The van der Waals surface area contributed by atoms with E-state index in [0.29, 0.717) is 11.9 Å². The molecule has 0 spiro atoms. The number of aromatic nitrogens is 2. The Morgan fingerprint density at radius 1 is 1.21 bits per heavy atom. The second-order valence-electron chi connectivity index (χ2n) is 7.06. The lowest BCUT2D eigenvalue weighted by molar-refractivity contribution is 0.205. The maximum absolute atomic E-state index is 8.08. The Morgan fingerprint density at radius 2 is 1.96 bits per heavy atom. The second kappa shape index (κ2) is 10.9. The minimum atomic E-state index is 0. The van der Waals surface area contributed by atoms with Crippen LogP contribution in [0.15, 0.2) is 22.6 Å². The van der Waals surface area contributed by atoms with Gasteiger partial charge in [0, 0.05) is 51.5 Å². The summed E-state index contributed by atoms with van der Waals surface area (Å²) in [5.74, 6) is 7.47. The Morgan fingerprint density at radius 3 is 2.64 bits per heavy atom. The molecule has 3 aliphatic rings. The first-order valence-electron chi connectivity index (χ1n) is 9.93. The first-order chi connectivity index (χ1) is 13.2. The molecule has 1 aliphatic carbocycles. The van der Waals surface area contributed by atoms with Crippen molar-refractivity contribution in [1.29, 1.82) is 5.41 Å². The molecule has 3 heterocycles. The summed E-state index contributed by atoms with van der Waals surface area (Å²) in [6, 6.07) is 0.521. The van der Waals surface area contributed by atoms with E-state index in [2.05, 4.69) is 41.8 Å². The van der Waals surface area contributed by atoms with Crippen LogP contribution in [0.3, 0.4) is 0 Å². The highest BCUT2D eigenvalue weighted by Crippen LogP contribution is 2.30. The Kier molecular flexibility index (Phi) is 8.52. The van der Waals surface area contributed by atoms with Gasteiger partial charge < -0.3 is 4.90 Å². The predicted molar refractivity (Wildman–Crippen MR) is 114 cm³/mol. The molecule has 152 valence electrons. The lowest BCUT2D eigenvalue weighted by Crippen LogP contribution is -2.54. The molecule has 2 atom stereocenters. The first-order valence-corrected chi connectivity index (χ1v) is 9.93. The van der Waals surface area contributed by atoms with E-state index in [0.717, 1.165) is 50.4 Å². The van der Waals surface area contributed by atoms with Crippen LogP contribution in [0.4, 0.5) is 5.82 Å². The van der Waals surface area contributed by atoms with Crippen LogP contribution in [-0.2, 0) is 0 Å². The van der Waals surface area contributed by atoms with Crippen molar-refractivity contribution in [2.24, 2.45) is 10.2 Å². The maximum Gasteiger partial charge on any atom is 0.163 e. The van der Waals surface area contributed by atoms with Gasteiger partial charge in [-0.3, -0.25) is 10.3 Å². The lowest BCUT2D eigenvalue weighted by atomic mass is 10.1. The minimum Gasteiger partial charge on any atom is -0.351 e. The van der Waals surface area contributed by atoms with Gasteiger partial charge in [-0.2, -0.15) is 5.11 Å². The van der Waals surface area contributed by atoms with Crippen molar-refractivity contribution in [2.45, 2.75) is 65.0 Å². The van der Waals surface area contributed by atoms with E-state index >= 15 is 0 Å². The fourth-order valence-corrected chi connectivity index (χ4v) is 3.54. The zero-order valence-corrected chi connectivity index (χ0v) is 16.4. The Labute approximate surface area is 169 Å². The van der Waals surface area contributed by atoms with Gasteiger partial charge in [-0.25, -0.2) is 9.97 Å². The lowest BCUT2D eigenvalue weighted by Gasteiger charge is -2.40. The molecular formula is C21H33N7. The second-order valence-corrected chi connectivity index (χ2v) is 7.06.